The van der Waals surface area contributed by atoms with Crippen molar-refractivity contribution in [3.05, 3.63) is 0 Å². The number of hydrogen-bond donors (Lipinski definition) is 2. The van der Waals surface area contributed by atoms with E-state index in [1.54, 1.807) is 0 Å². The van der Waals surface area contributed by atoms with Crippen LogP contribution in [0.2, 0.25) is 0 Å². The van der Waals surface area contributed by atoms with Gasteiger partial charge in [-0.25, -0.2) is 9.59 Å². The lowest BCUT2D eigenvalue weighted by Gasteiger charge is -2.41. The quantitative estimate of drug-likeness (QED) is 0.677. The third-order valence-corrected chi connectivity index (χ3v) is 5.24. The van der Waals surface area contributed by atoms with E-state index >= 15 is 0 Å². The van der Waals surface area contributed by atoms with Crippen molar-refractivity contribution in [3.8, 4) is 0 Å². The molecule has 2 rings (SSSR count). The first-order chi connectivity index (χ1) is 12.8. The average molecular weight is 382 g/mol. The number of urea groups is 1. The molecule has 1 aliphatic carbocycles. The Labute approximate surface area is 159 Å². The van der Waals surface area contributed by atoms with E-state index in [9.17, 15) is 19.2 Å². The lowest BCUT2D eigenvalue weighted by molar-refractivity contribution is -0.146. The van der Waals surface area contributed by atoms with Gasteiger partial charge in [0, 0.05) is 26.1 Å². The molecule has 0 aromatic heterocycles. The van der Waals surface area contributed by atoms with Crippen LogP contribution in [0.1, 0.15) is 46.0 Å². The second kappa shape index (κ2) is 9.57. The van der Waals surface area contributed by atoms with E-state index in [0.29, 0.717) is 6.54 Å². The molecule has 0 aromatic carbocycles. The first-order valence-corrected chi connectivity index (χ1v) is 9.54. The Kier molecular flexibility index (Phi) is 7.44. The van der Waals surface area contributed by atoms with Gasteiger partial charge in [0.05, 0.1) is 13.7 Å². The maximum atomic E-state index is 12.8. The van der Waals surface area contributed by atoms with Crippen molar-refractivity contribution in [2.24, 2.45) is 0 Å². The number of nitrogens with one attached hydrogen (secondary N) is 2. The molecule has 0 spiro atoms. The summed E-state index contributed by atoms with van der Waals surface area (Å²) in [6.07, 6.45) is 5.23. The van der Waals surface area contributed by atoms with Gasteiger partial charge in [-0.3, -0.25) is 9.59 Å². The van der Waals surface area contributed by atoms with E-state index in [4.69, 9.17) is 0 Å². The van der Waals surface area contributed by atoms with E-state index in [-0.39, 0.29) is 31.1 Å². The van der Waals surface area contributed by atoms with Gasteiger partial charge in [-0.1, -0.05) is 19.3 Å². The minimum atomic E-state index is -0.849. The number of rotatable bonds is 4. The molecule has 2 atom stereocenters. The second-order valence-corrected chi connectivity index (χ2v) is 7.21. The third-order valence-electron chi connectivity index (χ3n) is 5.24. The van der Waals surface area contributed by atoms with Gasteiger partial charge in [-0.05, 0) is 19.8 Å². The third kappa shape index (κ3) is 5.58. The standard InChI is InChI=1S/C18H30N4O5/c1-12(17(25)27-3)19-16(24)15-11-21(13(2)23)9-10-22(15)18(26)20-14-7-5-4-6-8-14/h12,14-15H,4-11H2,1-3H3,(H,19,24)(H,20,26)/t12-,15-/m1/s1. The van der Waals surface area contributed by atoms with E-state index in [1.165, 1.54) is 37.2 Å². The van der Waals surface area contributed by atoms with Gasteiger partial charge in [0.15, 0.2) is 0 Å². The number of ether oxygens (including phenoxy) is 1. The number of nitrogens with zero attached hydrogens (tertiary/aromatic N) is 2. The number of hydrogen-bond acceptors (Lipinski definition) is 5. The molecule has 2 aliphatic rings. The van der Waals surface area contributed by atoms with Crippen molar-refractivity contribution in [1.82, 2.24) is 20.4 Å². The monoisotopic (exact) mass is 382 g/mol. The highest BCUT2D eigenvalue weighted by molar-refractivity contribution is 5.91. The summed E-state index contributed by atoms with van der Waals surface area (Å²) in [4.78, 5) is 51.8. The summed E-state index contributed by atoms with van der Waals surface area (Å²) in [5, 5.41) is 5.59. The number of esters is 1. The fraction of sp³-hybridized carbons (Fsp3) is 0.778. The molecule has 2 fully saturated rings. The van der Waals surface area contributed by atoms with Crippen molar-refractivity contribution in [1.29, 1.82) is 0 Å². The van der Waals surface area contributed by atoms with Crippen LogP contribution in [-0.4, -0.2) is 78.5 Å². The van der Waals surface area contributed by atoms with E-state index in [1.807, 2.05) is 0 Å². The van der Waals surface area contributed by atoms with Crippen molar-refractivity contribution in [2.75, 3.05) is 26.7 Å². The number of carbonyl (C=O) groups excluding carboxylic acids is 4. The Bertz CT molecular complexity index is 576. The SMILES string of the molecule is COC(=O)[C@@H](C)NC(=O)[C@H]1CN(C(C)=O)CCN1C(=O)NC1CCCCC1. The van der Waals surface area contributed by atoms with Gasteiger partial charge < -0.3 is 25.2 Å². The van der Waals surface area contributed by atoms with E-state index in [0.717, 1.165) is 25.7 Å². The van der Waals surface area contributed by atoms with Crippen LogP contribution in [0, 0.1) is 0 Å². The molecular formula is C18H30N4O5. The number of piperazine rings is 1. The molecule has 1 heterocycles. The maximum Gasteiger partial charge on any atom is 0.328 e. The number of amides is 4. The summed E-state index contributed by atoms with van der Waals surface area (Å²) in [7, 11) is 1.24. The molecule has 9 nitrogen and oxygen atoms in total. The number of carbonyl (C=O) groups is 4. The Morgan fingerprint density at radius 3 is 2.33 bits per heavy atom. The van der Waals surface area contributed by atoms with Crippen molar-refractivity contribution < 1.29 is 23.9 Å². The minimum absolute atomic E-state index is 0.104. The summed E-state index contributed by atoms with van der Waals surface area (Å²) in [6.45, 7) is 3.70. The van der Waals surface area contributed by atoms with Crippen LogP contribution in [0.25, 0.3) is 0 Å². The first kappa shape index (κ1) is 21.0. The molecule has 0 radical (unpaired) electrons. The zero-order valence-corrected chi connectivity index (χ0v) is 16.3. The molecule has 2 N–H and O–H groups in total. The van der Waals surface area contributed by atoms with Crippen LogP contribution in [0.3, 0.4) is 0 Å². The zero-order valence-electron chi connectivity index (χ0n) is 16.3. The summed E-state index contributed by atoms with van der Waals surface area (Å²) < 4.78 is 4.62. The van der Waals surface area contributed by atoms with Crippen LogP contribution >= 0.6 is 0 Å². The maximum absolute atomic E-state index is 12.8. The molecule has 9 heteroatoms. The summed E-state index contributed by atoms with van der Waals surface area (Å²) >= 11 is 0. The minimum Gasteiger partial charge on any atom is -0.467 e. The Morgan fingerprint density at radius 2 is 1.74 bits per heavy atom. The van der Waals surface area contributed by atoms with Gasteiger partial charge in [0.25, 0.3) is 0 Å². The van der Waals surface area contributed by atoms with Crippen molar-refractivity contribution in [2.45, 2.75) is 64.1 Å². The van der Waals surface area contributed by atoms with Crippen LogP contribution in [0.5, 0.6) is 0 Å². The molecule has 1 saturated heterocycles. The Morgan fingerprint density at radius 1 is 1.07 bits per heavy atom. The van der Waals surface area contributed by atoms with Crippen LogP contribution in [0.4, 0.5) is 4.79 Å². The Hall–Kier alpha value is -2.32. The molecule has 152 valence electrons. The molecule has 0 unspecified atom stereocenters. The highest BCUT2D eigenvalue weighted by atomic mass is 16.5. The van der Waals surface area contributed by atoms with Crippen LogP contribution in [-0.2, 0) is 19.1 Å². The van der Waals surface area contributed by atoms with E-state index in [2.05, 4.69) is 15.4 Å². The van der Waals surface area contributed by atoms with Gasteiger partial charge in [-0.2, -0.15) is 0 Å². The molecule has 1 saturated carbocycles. The first-order valence-electron chi connectivity index (χ1n) is 9.54. The summed E-state index contributed by atoms with van der Waals surface area (Å²) in [5.41, 5.74) is 0. The predicted molar refractivity (Wildman–Crippen MR) is 97.8 cm³/mol. The molecule has 1 aliphatic heterocycles. The summed E-state index contributed by atoms with van der Waals surface area (Å²) in [6, 6.07) is -1.86. The Balaban J connectivity index is 2.07. The van der Waals surface area contributed by atoms with E-state index < -0.39 is 24.0 Å². The van der Waals surface area contributed by atoms with Gasteiger partial charge >= 0.3 is 12.0 Å². The fourth-order valence-electron chi connectivity index (χ4n) is 3.59. The average Bonchev–Trinajstić information content (AvgIpc) is 2.67. The second-order valence-electron chi connectivity index (χ2n) is 7.21. The van der Waals surface area contributed by atoms with Crippen LogP contribution < -0.4 is 10.6 Å². The van der Waals surface area contributed by atoms with Crippen LogP contribution in [0.15, 0.2) is 0 Å². The highest BCUT2D eigenvalue weighted by Crippen LogP contribution is 2.18. The molecule has 27 heavy (non-hydrogen) atoms. The van der Waals surface area contributed by atoms with Gasteiger partial charge in [0.2, 0.25) is 11.8 Å². The zero-order chi connectivity index (χ0) is 20.0. The topological polar surface area (TPSA) is 108 Å². The lowest BCUT2D eigenvalue weighted by Crippen LogP contribution is -2.64. The normalized spacial score (nSPS) is 22.0. The van der Waals surface area contributed by atoms with Gasteiger partial charge in [-0.15, -0.1) is 0 Å². The predicted octanol–water partition coefficient (Wildman–Crippen LogP) is 0.239. The smallest absolute Gasteiger partial charge is 0.328 e. The lowest BCUT2D eigenvalue weighted by atomic mass is 9.95. The molecule has 0 bridgehead atoms. The van der Waals surface area contributed by atoms with Crippen molar-refractivity contribution >= 4 is 23.8 Å². The van der Waals surface area contributed by atoms with Crippen molar-refractivity contribution in [3.63, 3.8) is 0 Å². The molecular weight excluding hydrogens is 352 g/mol. The molecule has 0 aromatic rings. The highest BCUT2D eigenvalue weighted by Gasteiger charge is 2.37. The largest absolute Gasteiger partial charge is 0.467 e. The summed E-state index contributed by atoms with van der Waals surface area (Å²) in [5.74, 6) is -1.19. The molecule has 4 amide bonds. The number of methoxy groups -OCH3 is 1. The van der Waals surface area contributed by atoms with Gasteiger partial charge in [0.1, 0.15) is 12.1 Å². The fourth-order valence-corrected chi connectivity index (χ4v) is 3.59.